The third-order valence-corrected chi connectivity index (χ3v) is 3.03. The molecule has 1 amide bonds. The van der Waals surface area contributed by atoms with E-state index in [2.05, 4.69) is 15.0 Å². The van der Waals surface area contributed by atoms with Crippen LogP contribution in [-0.2, 0) is 4.79 Å². The highest BCUT2D eigenvalue weighted by molar-refractivity contribution is 6.28. The fraction of sp³-hybridized carbons (Fsp3) is 0.600. The van der Waals surface area contributed by atoms with E-state index in [0.29, 0.717) is 12.5 Å². The highest BCUT2D eigenvalue weighted by atomic mass is 35.5. The van der Waals surface area contributed by atoms with Crippen LogP contribution in [0.5, 0.6) is 6.01 Å². The zero-order valence-electron chi connectivity index (χ0n) is 9.97. The van der Waals surface area contributed by atoms with E-state index in [4.69, 9.17) is 22.1 Å². The van der Waals surface area contributed by atoms with Crippen LogP contribution in [-0.4, -0.2) is 41.1 Å². The van der Waals surface area contributed by atoms with Crippen LogP contribution in [0.2, 0.25) is 5.28 Å². The quantitative estimate of drug-likeness (QED) is 0.846. The summed E-state index contributed by atoms with van der Waals surface area (Å²) in [7, 11) is 1.46. The Bertz CT molecular complexity index is 456. The lowest BCUT2D eigenvalue weighted by Crippen LogP contribution is -2.42. The number of hydrogen-bond donors (Lipinski definition) is 1. The van der Waals surface area contributed by atoms with Gasteiger partial charge in [0.05, 0.1) is 13.0 Å². The number of anilines is 1. The van der Waals surface area contributed by atoms with Crippen molar-refractivity contribution in [3.05, 3.63) is 5.28 Å². The van der Waals surface area contributed by atoms with Crippen LogP contribution in [0.1, 0.15) is 12.8 Å². The lowest BCUT2D eigenvalue weighted by atomic mass is 9.98. The van der Waals surface area contributed by atoms with Crippen molar-refractivity contribution in [1.82, 2.24) is 15.0 Å². The predicted molar refractivity (Wildman–Crippen MR) is 65.5 cm³/mol. The molecular weight excluding hydrogens is 258 g/mol. The largest absolute Gasteiger partial charge is 0.467 e. The van der Waals surface area contributed by atoms with Crippen molar-refractivity contribution in [1.29, 1.82) is 0 Å². The number of carbonyl (C=O) groups excluding carboxylic acids is 1. The molecule has 1 aromatic rings. The molecule has 7 nitrogen and oxygen atoms in total. The lowest BCUT2D eigenvalue weighted by Gasteiger charge is -2.31. The number of primary amides is 1. The molecule has 98 valence electrons. The van der Waals surface area contributed by atoms with Crippen molar-refractivity contribution in [3.8, 4) is 6.01 Å². The number of carbonyl (C=O) groups is 1. The van der Waals surface area contributed by atoms with Crippen molar-refractivity contribution in [2.24, 2.45) is 11.7 Å². The van der Waals surface area contributed by atoms with E-state index >= 15 is 0 Å². The van der Waals surface area contributed by atoms with Gasteiger partial charge in [0.25, 0.3) is 0 Å². The van der Waals surface area contributed by atoms with Gasteiger partial charge in [0.1, 0.15) is 0 Å². The minimum atomic E-state index is -0.299. The van der Waals surface area contributed by atoms with E-state index in [0.717, 1.165) is 19.4 Å². The fourth-order valence-electron chi connectivity index (χ4n) is 1.95. The first kappa shape index (κ1) is 12.8. The summed E-state index contributed by atoms with van der Waals surface area (Å²) in [5, 5.41) is 0.0676. The molecule has 0 aromatic carbocycles. The minimum Gasteiger partial charge on any atom is -0.467 e. The van der Waals surface area contributed by atoms with Gasteiger partial charge in [0, 0.05) is 13.1 Å². The molecule has 1 aliphatic rings. The van der Waals surface area contributed by atoms with Crippen LogP contribution in [0.25, 0.3) is 0 Å². The van der Waals surface area contributed by atoms with Gasteiger partial charge in [-0.15, -0.1) is 0 Å². The van der Waals surface area contributed by atoms with Crippen LogP contribution in [0.15, 0.2) is 0 Å². The average Bonchev–Trinajstić information content (AvgIpc) is 2.38. The summed E-state index contributed by atoms with van der Waals surface area (Å²) in [4.78, 5) is 25.0. The molecule has 8 heteroatoms. The standard InChI is InChI=1S/C10H14ClN5O2/c1-18-10-14-8(11)13-9(15-10)16-4-2-3-6(5-16)7(12)17/h6H,2-5H2,1H3,(H2,12,17). The molecule has 1 atom stereocenters. The number of piperidine rings is 1. The Labute approximate surface area is 109 Å². The van der Waals surface area contributed by atoms with Gasteiger partial charge in [-0.05, 0) is 24.4 Å². The highest BCUT2D eigenvalue weighted by Gasteiger charge is 2.26. The minimum absolute atomic E-state index is 0.0676. The van der Waals surface area contributed by atoms with Crippen LogP contribution < -0.4 is 15.4 Å². The second kappa shape index (κ2) is 5.34. The molecule has 0 radical (unpaired) electrons. The zero-order valence-corrected chi connectivity index (χ0v) is 10.7. The first-order valence-corrected chi connectivity index (χ1v) is 5.97. The summed E-state index contributed by atoms with van der Waals surface area (Å²) in [5.74, 6) is -0.0649. The van der Waals surface area contributed by atoms with E-state index in [1.807, 2.05) is 4.90 Å². The molecule has 1 aliphatic heterocycles. The molecule has 1 aromatic heterocycles. The van der Waals surface area contributed by atoms with Gasteiger partial charge in [-0.1, -0.05) is 0 Å². The molecular formula is C10H14ClN5O2. The summed E-state index contributed by atoms with van der Waals surface area (Å²) in [6.07, 6.45) is 1.65. The van der Waals surface area contributed by atoms with Gasteiger partial charge in [0.15, 0.2) is 0 Å². The third-order valence-electron chi connectivity index (χ3n) is 2.86. The Balaban J connectivity index is 2.20. The molecule has 2 heterocycles. The Morgan fingerprint density at radius 3 is 2.94 bits per heavy atom. The summed E-state index contributed by atoms with van der Waals surface area (Å²) in [6.45, 7) is 1.26. The second-order valence-electron chi connectivity index (χ2n) is 4.08. The predicted octanol–water partition coefficient (Wildman–Crippen LogP) is 0.235. The van der Waals surface area contributed by atoms with Gasteiger partial charge >= 0.3 is 6.01 Å². The number of nitrogens with zero attached hydrogens (tertiary/aromatic N) is 4. The molecule has 1 fully saturated rings. The molecule has 2 rings (SSSR count). The van der Waals surface area contributed by atoms with Crippen LogP contribution in [0, 0.1) is 5.92 Å². The SMILES string of the molecule is COc1nc(Cl)nc(N2CCCC(C(N)=O)C2)n1. The number of rotatable bonds is 3. The van der Waals surface area contributed by atoms with Crippen LogP contribution in [0.4, 0.5) is 5.95 Å². The summed E-state index contributed by atoms with van der Waals surface area (Å²) in [5.41, 5.74) is 5.32. The van der Waals surface area contributed by atoms with Gasteiger partial charge < -0.3 is 15.4 Å². The van der Waals surface area contributed by atoms with Crippen molar-refractivity contribution < 1.29 is 9.53 Å². The number of amides is 1. The zero-order chi connectivity index (χ0) is 13.1. The van der Waals surface area contributed by atoms with Crippen molar-refractivity contribution in [2.75, 3.05) is 25.1 Å². The fourth-order valence-corrected chi connectivity index (χ4v) is 2.09. The molecule has 18 heavy (non-hydrogen) atoms. The van der Waals surface area contributed by atoms with Crippen molar-refractivity contribution in [3.63, 3.8) is 0 Å². The first-order chi connectivity index (χ1) is 8.60. The van der Waals surface area contributed by atoms with Crippen molar-refractivity contribution >= 4 is 23.5 Å². The van der Waals surface area contributed by atoms with Crippen LogP contribution in [0.3, 0.4) is 0 Å². The molecule has 0 aliphatic carbocycles. The number of nitrogens with two attached hydrogens (primary N) is 1. The number of methoxy groups -OCH3 is 1. The molecule has 1 unspecified atom stereocenters. The lowest BCUT2D eigenvalue weighted by molar-refractivity contribution is -0.122. The van der Waals surface area contributed by atoms with Gasteiger partial charge in [0.2, 0.25) is 17.1 Å². The molecule has 0 bridgehead atoms. The summed E-state index contributed by atoms with van der Waals surface area (Å²) in [6, 6.07) is 0.159. The number of hydrogen-bond acceptors (Lipinski definition) is 6. The monoisotopic (exact) mass is 271 g/mol. The summed E-state index contributed by atoms with van der Waals surface area (Å²) >= 11 is 5.79. The Kier molecular flexibility index (Phi) is 3.81. The normalized spacial score (nSPS) is 19.7. The second-order valence-corrected chi connectivity index (χ2v) is 4.42. The van der Waals surface area contributed by atoms with E-state index in [1.54, 1.807) is 0 Å². The first-order valence-electron chi connectivity index (χ1n) is 5.60. The van der Waals surface area contributed by atoms with Gasteiger partial charge in [-0.25, -0.2) is 0 Å². The Morgan fingerprint density at radius 2 is 2.28 bits per heavy atom. The van der Waals surface area contributed by atoms with E-state index in [-0.39, 0.29) is 23.1 Å². The topological polar surface area (TPSA) is 94.2 Å². The maximum atomic E-state index is 11.2. The highest BCUT2D eigenvalue weighted by Crippen LogP contribution is 2.22. The van der Waals surface area contributed by atoms with Crippen LogP contribution >= 0.6 is 11.6 Å². The smallest absolute Gasteiger partial charge is 0.322 e. The third kappa shape index (κ3) is 2.79. The molecule has 1 saturated heterocycles. The average molecular weight is 272 g/mol. The molecule has 0 saturated carbocycles. The molecule has 2 N–H and O–H groups in total. The Morgan fingerprint density at radius 1 is 1.50 bits per heavy atom. The van der Waals surface area contributed by atoms with E-state index in [9.17, 15) is 4.79 Å². The summed E-state index contributed by atoms with van der Waals surface area (Å²) < 4.78 is 4.94. The van der Waals surface area contributed by atoms with Gasteiger partial charge in [-0.2, -0.15) is 15.0 Å². The number of aromatic nitrogens is 3. The Hall–Kier alpha value is -1.63. The van der Waals surface area contributed by atoms with Gasteiger partial charge in [-0.3, -0.25) is 4.79 Å². The maximum Gasteiger partial charge on any atom is 0.322 e. The molecule has 0 spiro atoms. The number of ether oxygens (including phenoxy) is 1. The van der Waals surface area contributed by atoms with E-state index in [1.165, 1.54) is 7.11 Å². The number of halogens is 1. The van der Waals surface area contributed by atoms with E-state index < -0.39 is 0 Å². The maximum absolute atomic E-state index is 11.2. The van der Waals surface area contributed by atoms with Crippen molar-refractivity contribution in [2.45, 2.75) is 12.8 Å².